The second-order valence-electron chi connectivity index (χ2n) is 5.75. The van der Waals surface area contributed by atoms with Crippen LogP contribution in [0.2, 0.25) is 0 Å². The van der Waals surface area contributed by atoms with Gasteiger partial charge in [0.1, 0.15) is 17.3 Å². The topological polar surface area (TPSA) is 86.9 Å². The molecule has 138 valence electrons. The quantitative estimate of drug-likeness (QED) is 0.623. The summed E-state index contributed by atoms with van der Waals surface area (Å²) in [4.78, 5) is 31.1. The third kappa shape index (κ3) is 4.75. The van der Waals surface area contributed by atoms with Crippen LogP contribution in [0.15, 0.2) is 54.9 Å². The highest BCUT2D eigenvalue weighted by molar-refractivity contribution is 6.04. The molecule has 0 saturated heterocycles. The van der Waals surface area contributed by atoms with E-state index in [1.54, 1.807) is 0 Å². The number of halogens is 2. The molecule has 0 bridgehead atoms. The van der Waals surface area contributed by atoms with Crippen molar-refractivity contribution in [2.75, 3.05) is 0 Å². The molecule has 3 rings (SSSR count). The van der Waals surface area contributed by atoms with E-state index in [1.165, 1.54) is 6.33 Å². The normalized spacial score (nSPS) is 10.4. The number of hydrogen-bond acceptors (Lipinski definition) is 3. The molecule has 3 N–H and O–H groups in total. The summed E-state index contributed by atoms with van der Waals surface area (Å²) in [5.74, 6) is -2.59. The van der Waals surface area contributed by atoms with Gasteiger partial charge in [0.05, 0.1) is 6.33 Å². The van der Waals surface area contributed by atoms with Crippen molar-refractivity contribution in [3.63, 3.8) is 0 Å². The predicted octanol–water partition coefficient (Wildman–Crippen LogP) is 2.55. The fourth-order valence-corrected chi connectivity index (χ4v) is 2.49. The number of nitrogens with one attached hydrogen (secondary N) is 3. The molecule has 27 heavy (non-hydrogen) atoms. The first-order valence-corrected chi connectivity index (χ1v) is 8.11. The Hall–Kier alpha value is -3.55. The van der Waals surface area contributed by atoms with Gasteiger partial charge >= 0.3 is 0 Å². The smallest absolute Gasteiger partial charge is 0.272 e. The molecule has 0 saturated carbocycles. The SMILES string of the molecule is O=C(NCc1ccccc1)c1nc[nH]c1C(=O)NCc1cc(F)cc(F)c1. The van der Waals surface area contributed by atoms with E-state index in [9.17, 15) is 18.4 Å². The van der Waals surface area contributed by atoms with Crippen molar-refractivity contribution >= 4 is 11.8 Å². The van der Waals surface area contributed by atoms with Gasteiger partial charge in [-0.15, -0.1) is 0 Å². The summed E-state index contributed by atoms with van der Waals surface area (Å²) in [5, 5.41) is 5.19. The number of imidazole rings is 1. The van der Waals surface area contributed by atoms with E-state index < -0.39 is 23.4 Å². The number of aromatic amines is 1. The Morgan fingerprint density at radius 1 is 0.889 bits per heavy atom. The van der Waals surface area contributed by atoms with Gasteiger partial charge in [-0.2, -0.15) is 0 Å². The Kier molecular flexibility index (Phi) is 5.55. The summed E-state index contributed by atoms with van der Waals surface area (Å²) in [6, 6.07) is 12.3. The van der Waals surface area contributed by atoms with Crippen LogP contribution in [0.4, 0.5) is 8.78 Å². The van der Waals surface area contributed by atoms with Crippen molar-refractivity contribution in [2.24, 2.45) is 0 Å². The number of carbonyl (C=O) groups excluding carboxylic acids is 2. The van der Waals surface area contributed by atoms with Crippen LogP contribution in [0.5, 0.6) is 0 Å². The molecule has 0 atom stereocenters. The van der Waals surface area contributed by atoms with E-state index in [1.807, 2.05) is 30.3 Å². The van der Waals surface area contributed by atoms with E-state index in [-0.39, 0.29) is 30.0 Å². The Balaban J connectivity index is 1.63. The maximum atomic E-state index is 13.2. The fourth-order valence-electron chi connectivity index (χ4n) is 2.49. The molecule has 6 nitrogen and oxygen atoms in total. The molecule has 8 heteroatoms. The molecule has 2 amide bonds. The number of rotatable bonds is 6. The number of aromatic nitrogens is 2. The fraction of sp³-hybridized carbons (Fsp3) is 0.105. The van der Waals surface area contributed by atoms with E-state index in [4.69, 9.17) is 0 Å². The van der Waals surface area contributed by atoms with Crippen LogP contribution in [0.3, 0.4) is 0 Å². The van der Waals surface area contributed by atoms with Crippen LogP contribution in [0, 0.1) is 11.6 Å². The summed E-state index contributed by atoms with van der Waals surface area (Å²) in [7, 11) is 0. The Morgan fingerprint density at radius 3 is 2.22 bits per heavy atom. The zero-order valence-corrected chi connectivity index (χ0v) is 14.1. The Morgan fingerprint density at radius 2 is 1.52 bits per heavy atom. The zero-order valence-electron chi connectivity index (χ0n) is 14.1. The molecule has 0 aliphatic carbocycles. The average molecular weight is 370 g/mol. The van der Waals surface area contributed by atoms with Crippen molar-refractivity contribution < 1.29 is 18.4 Å². The molecule has 1 heterocycles. The van der Waals surface area contributed by atoms with Crippen LogP contribution in [0.1, 0.15) is 32.1 Å². The van der Waals surface area contributed by atoms with Crippen LogP contribution in [-0.2, 0) is 13.1 Å². The molecule has 0 fully saturated rings. The molecular weight excluding hydrogens is 354 g/mol. The average Bonchev–Trinajstić information content (AvgIpc) is 3.14. The number of hydrogen-bond donors (Lipinski definition) is 3. The van der Waals surface area contributed by atoms with Gasteiger partial charge in [0.25, 0.3) is 11.8 Å². The van der Waals surface area contributed by atoms with Crippen molar-refractivity contribution in [3.8, 4) is 0 Å². The van der Waals surface area contributed by atoms with Crippen LogP contribution < -0.4 is 10.6 Å². The Bertz CT molecular complexity index is 937. The lowest BCUT2D eigenvalue weighted by Crippen LogP contribution is -2.29. The van der Waals surface area contributed by atoms with E-state index in [2.05, 4.69) is 20.6 Å². The van der Waals surface area contributed by atoms with Crippen molar-refractivity contribution in [2.45, 2.75) is 13.1 Å². The van der Waals surface area contributed by atoms with Gasteiger partial charge in [0, 0.05) is 19.2 Å². The first-order chi connectivity index (χ1) is 13.0. The first kappa shape index (κ1) is 18.2. The minimum Gasteiger partial charge on any atom is -0.347 e. The second-order valence-corrected chi connectivity index (χ2v) is 5.75. The molecule has 2 aromatic carbocycles. The molecular formula is C19H16F2N4O2. The number of H-pyrrole nitrogens is 1. The number of benzene rings is 2. The highest BCUT2D eigenvalue weighted by Crippen LogP contribution is 2.09. The Labute approximate surface area is 153 Å². The van der Waals surface area contributed by atoms with Gasteiger partial charge in [0.15, 0.2) is 5.69 Å². The van der Waals surface area contributed by atoms with Gasteiger partial charge in [-0.05, 0) is 23.3 Å². The minimum atomic E-state index is -0.734. The molecule has 0 unspecified atom stereocenters. The molecule has 0 spiro atoms. The maximum Gasteiger partial charge on any atom is 0.272 e. The summed E-state index contributed by atoms with van der Waals surface area (Å²) in [6.07, 6.45) is 1.23. The second kappa shape index (κ2) is 8.22. The van der Waals surface area contributed by atoms with Crippen LogP contribution in [-0.4, -0.2) is 21.8 Å². The highest BCUT2D eigenvalue weighted by atomic mass is 19.1. The van der Waals surface area contributed by atoms with Crippen molar-refractivity contribution in [3.05, 3.63) is 89.0 Å². The standard InChI is InChI=1S/C19H16F2N4O2/c20-14-6-13(7-15(21)8-14)10-23-19(27)17-16(24-11-25-17)18(26)22-9-12-4-2-1-3-5-12/h1-8,11H,9-10H2,(H,22,26)(H,23,27)(H,24,25). The summed E-state index contributed by atoms with van der Waals surface area (Å²) >= 11 is 0. The van der Waals surface area contributed by atoms with Gasteiger partial charge in [-0.1, -0.05) is 30.3 Å². The molecule has 0 aliphatic rings. The largest absolute Gasteiger partial charge is 0.347 e. The number of nitrogens with zero attached hydrogens (tertiary/aromatic N) is 1. The van der Waals surface area contributed by atoms with Crippen LogP contribution in [0.25, 0.3) is 0 Å². The van der Waals surface area contributed by atoms with Gasteiger partial charge in [0.2, 0.25) is 0 Å². The lowest BCUT2D eigenvalue weighted by molar-refractivity contribution is 0.0911. The van der Waals surface area contributed by atoms with E-state index in [0.29, 0.717) is 0 Å². The summed E-state index contributed by atoms with van der Waals surface area (Å²) < 4.78 is 26.4. The van der Waals surface area contributed by atoms with Gasteiger partial charge < -0.3 is 15.6 Å². The molecule has 0 radical (unpaired) electrons. The lowest BCUT2D eigenvalue weighted by Gasteiger charge is -2.07. The van der Waals surface area contributed by atoms with Crippen molar-refractivity contribution in [1.82, 2.24) is 20.6 Å². The third-order valence-corrected chi connectivity index (χ3v) is 3.75. The summed E-state index contributed by atoms with van der Waals surface area (Å²) in [6.45, 7) is 0.188. The van der Waals surface area contributed by atoms with Gasteiger partial charge in [-0.3, -0.25) is 9.59 Å². The molecule has 3 aromatic rings. The minimum absolute atomic E-state index is 0.0302. The number of amides is 2. The monoisotopic (exact) mass is 370 g/mol. The van der Waals surface area contributed by atoms with E-state index >= 15 is 0 Å². The van der Waals surface area contributed by atoms with Crippen LogP contribution >= 0.6 is 0 Å². The molecule has 1 aromatic heterocycles. The van der Waals surface area contributed by atoms with Crippen molar-refractivity contribution in [1.29, 1.82) is 0 Å². The lowest BCUT2D eigenvalue weighted by atomic mass is 10.2. The summed E-state index contributed by atoms with van der Waals surface area (Å²) in [5.41, 5.74) is 1.07. The van der Waals surface area contributed by atoms with Gasteiger partial charge in [-0.25, -0.2) is 13.8 Å². The number of carbonyl (C=O) groups is 2. The van der Waals surface area contributed by atoms with E-state index in [0.717, 1.165) is 23.8 Å². The first-order valence-electron chi connectivity index (χ1n) is 8.11. The maximum absolute atomic E-state index is 13.2. The predicted molar refractivity (Wildman–Crippen MR) is 93.7 cm³/mol. The zero-order chi connectivity index (χ0) is 19.2. The molecule has 0 aliphatic heterocycles. The third-order valence-electron chi connectivity index (χ3n) is 3.75. The highest BCUT2D eigenvalue weighted by Gasteiger charge is 2.20.